The number of rotatable bonds is 3. The maximum atomic E-state index is 13.6. The van der Waals surface area contributed by atoms with Gasteiger partial charge in [0.25, 0.3) is 5.56 Å². The van der Waals surface area contributed by atoms with Crippen LogP contribution in [0.2, 0.25) is 0 Å². The molecule has 5 rings (SSSR count). The molecule has 0 saturated carbocycles. The van der Waals surface area contributed by atoms with Gasteiger partial charge in [-0.15, -0.1) is 0 Å². The first-order chi connectivity index (χ1) is 15.4. The molecule has 8 nitrogen and oxygen atoms in total. The Kier molecular flexibility index (Phi) is 4.40. The minimum absolute atomic E-state index is 0.108. The standard InChI is InChI=1S/C24H21N3O5/c1-26-22-19(23(29)27(2)24(26)30)17(15-10-9-12(31-3)11-16(15)32-4)18-20(25-22)13-7-5-6-8-14(13)21(18)28/h5-11,17-18H,1-4H3. The summed E-state index contributed by atoms with van der Waals surface area (Å²) in [6.45, 7) is 0. The number of ether oxygens (including phenoxy) is 2. The molecule has 162 valence electrons. The third kappa shape index (κ3) is 2.55. The van der Waals surface area contributed by atoms with Crippen molar-refractivity contribution in [2.24, 2.45) is 25.0 Å². The van der Waals surface area contributed by atoms with Crippen molar-refractivity contribution in [3.05, 3.63) is 85.6 Å². The van der Waals surface area contributed by atoms with Gasteiger partial charge in [0, 0.05) is 42.8 Å². The minimum atomic E-state index is -0.701. The number of fused-ring (bicyclic) bond motifs is 4. The van der Waals surface area contributed by atoms with Crippen LogP contribution in [0.3, 0.4) is 0 Å². The summed E-state index contributed by atoms with van der Waals surface area (Å²) >= 11 is 0. The number of benzene rings is 2. The first-order valence-electron chi connectivity index (χ1n) is 10.1. The summed E-state index contributed by atoms with van der Waals surface area (Å²) < 4.78 is 13.4. The van der Waals surface area contributed by atoms with Crippen LogP contribution in [0.15, 0.2) is 57.0 Å². The second-order valence-corrected chi connectivity index (χ2v) is 7.91. The van der Waals surface area contributed by atoms with Gasteiger partial charge in [-0.1, -0.05) is 30.3 Å². The first kappa shape index (κ1) is 20.0. The highest BCUT2D eigenvalue weighted by Crippen LogP contribution is 2.48. The van der Waals surface area contributed by atoms with E-state index >= 15 is 0 Å². The molecule has 2 heterocycles. The largest absolute Gasteiger partial charge is 0.497 e. The summed E-state index contributed by atoms with van der Waals surface area (Å²) in [6.07, 6.45) is 0. The Balaban J connectivity index is 1.90. The van der Waals surface area contributed by atoms with Crippen LogP contribution in [-0.4, -0.2) is 34.8 Å². The number of nitrogens with zero attached hydrogens (tertiary/aromatic N) is 3. The Morgan fingerprint density at radius 2 is 1.59 bits per heavy atom. The van der Waals surface area contributed by atoms with Crippen molar-refractivity contribution >= 4 is 17.3 Å². The van der Waals surface area contributed by atoms with Crippen LogP contribution in [0.5, 0.6) is 11.5 Å². The predicted molar refractivity (Wildman–Crippen MR) is 119 cm³/mol. The molecule has 2 atom stereocenters. The number of ketones is 1. The molecular weight excluding hydrogens is 410 g/mol. The van der Waals surface area contributed by atoms with Crippen LogP contribution in [0, 0.1) is 5.92 Å². The number of carbonyl (C=O) groups excluding carboxylic acids is 1. The van der Waals surface area contributed by atoms with Gasteiger partial charge in [-0.25, -0.2) is 9.79 Å². The number of hydrogen-bond donors (Lipinski definition) is 0. The van der Waals surface area contributed by atoms with Crippen LogP contribution < -0.4 is 20.7 Å². The Morgan fingerprint density at radius 3 is 2.28 bits per heavy atom. The molecule has 2 aromatic carbocycles. The van der Waals surface area contributed by atoms with Crippen molar-refractivity contribution in [1.82, 2.24) is 9.13 Å². The first-order valence-corrected chi connectivity index (χ1v) is 10.1. The Morgan fingerprint density at radius 1 is 0.875 bits per heavy atom. The van der Waals surface area contributed by atoms with Crippen molar-refractivity contribution in [3.8, 4) is 11.5 Å². The van der Waals surface area contributed by atoms with E-state index in [0.717, 1.165) is 10.1 Å². The van der Waals surface area contributed by atoms with Crippen LogP contribution >= 0.6 is 0 Å². The Bertz CT molecular complexity index is 1450. The summed E-state index contributed by atoms with van der Waals surface area (Å²) in [5, 5.41) is 0. The molecule has 0 N–H and O–H groups in total. The quantitative estimate of drug-likeness (QED) is 0.634. The lowest BCUT2D eigenvalue weighted by Crippen LogP contribution is -2.43. The number of carbonyl (C=O) groups is 1. The predicted octanol–water partition coefficient (Wildman–Crippen LogP) is 2.18. The molecule has 3 aromatic rings. The second kappa shape index (κ2) is 7.05. The number of methoxy groups -OCH3 is 2. The molecular formula is C24H21N3O5. The van der Waals surface area contributed by atoms with Crippen molar-refractivity contribution < 1.29 is 14.3 Å². The van der Waals surface area contributed by atoms with E-state index in [4.69, 9.17) is 14.5 Å². The molecule has 0 radical (unpaired) electrons. The van der Waals surface area contributed by atoms with Crippen molar-refractivity contribution in [3.63, 3.8) is 0 Å². The fraction of sp³-hybridized carbons (Fsp3) is 0.250. The fourth-order valence-corrected chi connectivity index (χ4v) is 4.78. The molecule has 1 aliphatic heterocycles. The Labute approximate surface area is 183 Å². The van der Waals surface area contributed by atoms with Gasteiger partial charge in [0.1, 0.15) is 17.3 Å². The van der Waals surface area contributed by atoms with E-state index in [9.17, 15) is 14.4 Å². The maximum absolute atomic E-state index is 13.6. The van der Waals surface area contributed by atoms with E-state index in [1.54, 1.807) is 44.5 Å². The molecule has 32 heavy (non-hydrogen) atoms. The molecule has 1 aromatic heterocycles. The van der Waals surface area contributed by atoms with Crippen LogP contribution in [0.4, 0.5) is 5.82 Å². The average molecular weight is 431 g/mol. The molecule has 0 amide bonds. The van der Waals surface area contributed by atoms with Gasteiger partial charge in [0.15, 0.2) is 5.78 Å². The van der Waals surface area contributed by atoms with Crippen LogP contribution in [0.25, 0.3) is 0 Å². The van der Waals surface area contributed by atoms with Gasteiger partial charge >= 0.3 is 5.69 Å². The number of aliphatic imine (C=N–C) groups is 1. The number of aromatic nitrogens is 2. The third-order valence-electron chi connectivity index (χ3n) is 6.36. The highest BCUT2D eigenvalue weighted by Gasteiger charge is 2.48. The molecule has 0 spiro atoms. The molecule has 0 bridgehead atoms. The van der Waals surface area contributed by atoms with Gasteiger partial charge < -0.3 is 9.47 Å². The van der Waals surface area contributed by atoms with Gasteiger partial charge in [-0.05, 0) is 6.07 Å². The van der Waals surface area contributed by atoms with E-state index in [2.05, 4.69) is 0 Å². The van der Waals surface area contributed by atoms with E-state index in [1.807, 2.05) is 12.1 Å². The smallest absolute Gasteiger partial charge is 0.332 e. The normalized spacial score (nSPS) is 18.5. The zero-order chi connectivity index (χ0) is 22.7. The topological polar surface area (TPSA) is 91.9 Å². The molecule has 2 unspecified atom stereocenters. The van der Waals surface area contributed by atoms with E-state index in [-0.39, 0.29) is 11.6 Å². The summed E-state index contributed by atoms with van der Waals surface area (Å²) in [5.74, 6) is -0.150. The highest BCUT2D eigenvalue weighted by molar-refractivity contribution is 6.30. The summed E-state index contributed by atoms with van der Waals surface area (Å²) in [4.78, 5) is 44.3. The lowest BCUT2D eigenvalue weighted by atomic mass is 9.76. The van der Waals surface area contributed by atoms with E-state index in [1.165, 1.54) is 18.7 Å². The van der Waals surface area contributed by atoms with Crippen molar-refractivity contribution in [1.29, 1.82) is 0 Å². The van der Waals surface area contributed by atoms with E-state index < -0.39 is 23.1 Å². The van der Waals surface area contributed by atoms with Crippen molar-refractivity contribution in [2.75, 3.05) is 14.2 Å². The summed E-state index contributed by atoms with van der Waals surface area (Å²) in [5.41, 5.74) is 1.84. The molecule has 1 aliphatic carbocycles. The molecule has 0 saturated heterocycles. The zero-order valence-electron chi connectivity index (χ0n) is 18.1. The van der Waals surface area contributed by atoms with Crippen LogP contribution in [0.1, 0.15) is 33.0 Å². The van der Waals surface area contributed by atoms with Gasteiger partial charge in [0.2, 0.25) is 0 Å². The maximum Gasteiger partial charge on any atom is 0.332 e. The van der Waals surface area contributed by atoms with E-state index in [0.29, 0.717) is 33.9 Å². The molecule has 2 aliphatic rings. The lowest BCUT2D eigenvalue weighted by Gasteiger charge is -2.30. The lowest BCUT2D eigenvalue weighted by molar-refractivity contribution is 0.0952. The second-order valence-electron chi connectivity index (χ2n) is 7.91. The Hall–Kier alpha value is -3.94. The number of Topliss-reactive ketones (excluding diaryl/α,β-unsaturated/α-hetero) is 1. The SMILES string of the molecule is COc1ccc(C2c3c(n(C)c(=O)n(C)c3=O)N=C3c4ccccc4C(=O)C32)c(OC)c1. The van der Waals surface area contributed by atoms with Gasteiger partial charge in [-0.3, -0.25) is 18.7 Å². The summed E-state index contributed by atoms with van der Waals surface area (Å²) in [7, 11) is 6.09. The van der Waals surface area contributed by atoms with Gasteiger partial charge in [-0.2, -0.15) is 0 Å². The molecule has 0 fully saturated rings. The third-order valence-corrected chi connectivity index (χ3v) is 6.36. The minimum Gasteiger partial charge on any atom is -0.497 e. The average Bonchev–Trinajstić information content (AvgIpc) is 3.11. The van der Waals surface area contributed by atoms with Crippen LogP contribution in [-0.2, 0) is 14.1 Å². The highest BCUT2D eigenvalue weighted by atomic mass is 16.5. The summed E-state index contributed by atoms with van der Waals surface area (Å²) in [6, 6.07) is 12.6. The monoisotopic (exact) mass is 431 g/mol. The fourth-order valence-electron chi connectivity index (χ4n) is 4.78. The zero-order valence-corrected chi connectivity index (χ0v) is 18.1. The van der Waals surface area contributed by atoms with Gasteiger partial charge in [0.05, 0.1) is 31.4 Å². The molecule has 8 heteroatoms. The van der Waals surface area contributed by atoms with Crippen molar-refractivity contribution in [2.45, 2.75) is 5.92 Å². The number of hydrogen-bond acceptors (Lipinski definition) is 6.